The highest BCUT2D eigenvalue weighted by Gasteiger charge is 2.32. The second-order valence-electron chi connectivity index (χ2n) is 5.12. The zero-order valence-corrected chi connectivity index (χ0v) is 11.8. The third kappa shape index (κ3) is 3.15. The van der Waals surface area contributed by atoms with E-state index in [1.165, 1.54) is 0 Å². The van der Waals surface area contributed by atoms with Crippen LogP contribution in [0.2, 0.25) is 0 Å². The first-order chi connectivity index (χ1) is 9.31. The van der Waals surface area contributed by atoms with Gasteiger partial charge in [0.1, 0.15) is 11.6 Å². The molecule has 0 radical (unpaired) electrons. The number of piperazine rings is 1. The zero-order valence-electron chi connectivity index (χ0n) is 11.8. The Morgan fingerprint density at radius 1 is 1.30 bits per heavy atom. The number of pyridine rings is 1. The van der Waals surface area contributed by atoms with Crippen molar-refractivity contribution < 1.29 is 13.2 Å². The Bertz CT molecular complexity index is 475. The van der Waals surface area contributed by atoms with Gasteiger partial charge < -0.3 is 15.1 Å². The molecule has 1 saturated heterocycles. The van der Waals surface area contributed by atoms with Crippen LogP contribution in [0.25, 0.3) is 0 Å². The summed E-state index contributed by atoms with van der Waals surface area (Å²) in [5, 5.41) is 2.69. The second-order valence-corrected chi connectivity index (χ2v) is 5.12. The fourth-order valence-electron chi connectivity index (χ4n) is 2.23. The Morgan fingerprint density at radius 2 is 2.00 bits per heavy atom. The molecule has 0 aromatic carbocycles. The number of alkyl halides is 3. The first-order valence-electron chi connectivity index (χ1n) is 6.53. The number of likely N-dealkylation sites (N-methyl/N-ethyl adjacent to an activating group) is 1. The predicted octanol–water partition coefficient (Wildman–Crippen LogP) is 2.28. The summed E-state index contributed by atoms with van der Waals surface area (Å²) in [6, 6.07) is 2.44. The van der Waals surface area contributed by atoms with Crippen LogP contribution in [0.15, 0.2) is 12.1 Å². The number of nitrogens with one attached hydrogen (secondary N) is 1. The van der Waals surface area contributed by atoms with Crippen molar-refractivity contribution >= 4 is 11.6 Å². The van der Waals surface area contributed by atoms with Crippen molar-refractivity contribution in [2.45, 2.75) is 19.1 Å². The van der Waals surface area contributed by atoms with E-state index < -0.39 is 11.7 Å². The van der Waals surface area contributed by atoms with E-state index in [1.807, 2.05) is 11.9 Å². The largest absolute Gasteiger partial charge is 0.416 e. The number of hydrogen-bond acceptors (Lipinski definition) is 4. The summed E-state index contributed by atoms with van der Waals surface area (Å²) in [4.78, 5) is 8.33. The van der Waals surface area contributed by atoms with Crippen LogP contribution < -0.4 is 10.2 Å². The van der Waals surface area contributed by atoms with Crippen molar-refractivity contribution in [2.24, 2.45) is 0 Å². The molecular formula is C13H19F3N4. The molecule has 1 aromatic heterocycles. The topological polar surface area (TPSA) is 31.4 Å². The number of anilines is 2. The Labute approximate surface area is 116 Å². The molecule has 0 bridgehead atoms. The van der Waals surface area contributed by atoms with Gasteiger partial charge >= 0.3 is 6.18 Å². The maximum absolute atomic E-state index is 12.9. The average Bonchev–Trinajstić information content (AvgIpc) is 2.40. The summed E-state index contributed by atoms with van der Waals surface area (Å²) in [5.74, 6) is 0.616. The predicted molar refractivity (Wildman–Crippen MR) is 73.1 cm³/mol. The van der Waals surface area contributed by atoms with Crippen LogP contribution >= 0.6 is 0 Å². The lowest BCUT2D eigenvalue weighted by Gasteiger charge is -2.38. The molecular weight excluding hydrogens is 269 g/mol. The van der Waals surface area contributed by atoms with Crippen LogP contribution in [0.3, 0.4) is 0 Å². The third-order valence-electron chi connectivity index (χ3n) is 3.68. The summed E-state index contributed by atoms with van der Waals surface area (Å²) < 4.78 is 38.7. The molecule has 2 rings (SSSR count). The van der Waals surface area contributed by atoms with E-state index >= 15 is 0 Å². The molecule has 1 aliphatic rings. The number of hydrogen-bond donors (Lipinski definition) is 1. The monoisotopic (exact) mass is 288 g/mol. The lowest BCUT2D eigenvalue weighted by molar-refractivity contribution is -0.137. The number of halogens is 3. The lowest BCUT2D eigenvalue weighted by Crippen LogP contribution is -2.50. The van der Waals surface area contributed by atoms with Crippen molar-refractivity contribution in [3.63, 3.8) is 0 Å². The smallest absolute Gasteiger partial charge is 0.373 e. The minimum Gasteiger partial charge on any atom is -0.373 e. The quantitative estimate of drug-likeness (QED) is 0.904. The molecule has 20 heavy (non-hydrogen) atoms. The average molecular weight is 288 g/mol. The van der Waals surface area contributed by atoms with E-state index in [0.29, 0.717) is 18.9 Å². The van der Waals surface area contributed by atoms with Crippen LogP contribution in [0.5, 0.6) is 0 Å². The molecule has 1 aliphatic heterocycles. The molecule has 112 valence electrons. The lowest BCUT2D eigenvalue weighted by atomic mass is 10.2. The van der Waals surface area contributed by atoms with E-state index in [2.05, 4.69) is 22.1 Å². The van der Waals surface area contributed by atoms with Crippen molar-refractivity contribution in [2.75, 3.05) is 43.9 Å². The molecule has 1 N–H and O–H groups in total. The van der Waals surface area contributed by atoms with Crippen molar-refractivity contribution in [1.29, 1.82) is 0 Å². The van der Waals surface area contributed by atoms with E-state index in [9.17, 15) is 13.2 Å². The Kier molecular flexibility index (Phi) is 4.08. The van der Waals surface area contributed by atoms with Gasteiger partial charge in [-0.15, -0.1) is 0 Å². The molecule has 4 nitrogen and oxygen atoms in total. The van der Waals surface area contributed by atoms with Gasteiger partial charge in [0.05, 0.1) is 5.56 Å². The van der Waals surface area contributed by atoms with Crippen molar-refractivity contribution in [3.8, 4) is 0 Å². The fraction of sp³-hybridized carbons (Fsp3) is 0.615. The van der Waals surface area contributed by atoms with Crippen LogP contribution in [0.4, 0.5) is 24.8 Å². The van der Waals surface area contributed by atoms with Gasteiger partial charge in [-0.1, -0.05) is 0 Å². The third-order valence-corrected chi connectivity index (χ3v) is 3.68. The standard InChI is InChI=1S/C13H19F3N4/c1-9-8-20(5-4-19(9)3)12-7-10(13(14,15)16)6-11(17-2)18-12/h6-7,9H,4-5,8H2,1-3H3,(H,17,18). The first-order valence-corrected chi connectivity index (χ1v) is 6.53. The van der Waals surface area contributed by atoms with Gasteiger partial charge in [0.15, 0.2) is 0 Å². The normalized spacial score (nSPS) is 21.1. The maximum atomic E-state index is 12.9. The Morgan fingerprint density at radius 3 is 2.55 bits per heavy atom. The van der Waals surface area contributed by atoms with Crippen LogP contribution in [0, 0.1) is 0 Å². The van der Waals surface area contributed by atoms with E-state index in [-0.39, 0.29) is 11.9 Å². The van der Waals surface area contributed by atoms with Gasteiger partial charge in [0, 0.05) is 32.7 Å². The van der Waals surface area contributed by atoms with Gasteiger partial charge in [0.25, 0.3) is 0 Å². The van der Waals surface area contributed by atoms with E-state index in [4.69, 9.17) is 0 Å². The van der Waals surface area contributed by atoms with E-state index in [1.54, 1.807) is 7.05 Å². The maximum Gasteiger partial charge on any atom is 0.416 e. The highest BCUT2D eigenvalue weighted by molar-refractivity contribution is 5.51. The highest BCUT2D eigenvalue weighted by Crippen LogP contribution is 2.33. The Balaban J connectivity index is 2.31. The van der Waals surface area contributed by atoms with E-state index in [0.717, 1.165) is 18.7 Å². The summed E-state index contributed by atoms with van der Waals surface area (Å²) in [7, 11) is 3.58. The summed E-state index contributed by atoms with van der Waals surface area (Å²) in [5.41, 5.74) is -0.668. The molecule has 2 heterocycles. The van der Waals surface area contributed by atoms with Crippen molar-refractivity contribution in [3.05, 3.63) is 17.7 Å². The molecule has 1 atom stereocenters. The van der Waals surface area contributed by atoms with Gasteiger partial charge in [-0.3, -0.25) is 0 Å². The SMILES string of the molecule is CNc1cc(C(F)(F)F)cc(N2CCN(C)C(C)C2)n1. The van der Waals surface area contributed by atoms with Crippen molar-refractivity contribution in [1.82, 2.24) is 9.88 Å². The molecule has 0 saturated carbocycles. The second kappa shape index (κ2) is 5.47. The molecule has 0 aliphatic carbocycles. The number of nitrogens with zero attached hydrogens (tertiary/aromatic N) is 3. The molecule has 0 amide bonds. The summed E-state index contributed by atoms with van der Waals surface area (Å²) in [6.07, 6.45) is -4.36. The minimum absolute atomic E-state index is 0.237. The molecule has 1 unspecified atom stereocenters. The van der Waals surface area contributed by atoms with Crippen LogP contribution in [-0.4, -0.2) is 49.7 Å². The number of rotatable bonds is 2. The molecule has 7 heteroatoms. The Hall–Kier alpha value is -1.50. The molecule has 1 aromatic rings. The molecule has 0 spiro atoms. The van der Waals surface area contributed by atoms with Crippen LogP contribution in [0.1, 0.15) is 12.5 Å². The molecule has 1 fully saturated rings. The van der Waals surface area contributed by atoms with Gasteiger partial charge in [0.2, 0.25) is 0 Å². The highest BCUT2D eigenvalue weighted by atomic mass is 19.4. The van der Waals surface area contributed by atoms with Crippen LogP contribution in [-0.2, 0) is 6.18 Å². The zero-order chi connectivity index (χ0) is 14.9. The minimum atomic E-state index is -4.36. The first kappa shape index (κ1) is 14.9. The van der Waals surface area contributed by atoms with Gasteiger partial charge in [-0.25, -0.2) is 4.98 Å². The fourth-order valence-corrected chi connectivity index (χ4v) is 2.23. The van der Waals surface area contributed by atoms with Gasteiger partial charge in [-0.2, -0.15) is 13.2 Å². The summed E-state index contributed by atoms with van der Waals surface area (Å²) in [6.45, 7) is 4.22. The number of aromatic nitrogens is 1. The van der Waals surface area contributed by atoms with Gasteiger partial charge in [-0.05, 0) is 26.1 Å². The summed E-state index contributed by atoms with van der Waals surface area (Å²) >= 11 is 0.